The minimum absolute atomic E-state index is 1.00. The van der Waals surface area contributed by atoms with Crippen molar-refractivity contribution >= 4 is 66.2 Å². The van der Waals surface area contributed by atoms with Gasteiger partial charge in [0.2, 0.25) is 0 Å². The summed E-state index contributed by atoms with van der Waals surface area (Å²) in [6.07, 6.45) is 0. The molecular formula is C35H24NPS. The van der Waals surface area contributed by atoms with Crippen LogP contribution in [0.25, 0.3) is 43.7 Å². The van der Waals surface area contributed by atoms with E-state index in [9.17, 15) is 0 Å². The second-order valence-corrected chi connectivity index (χ2v) is 13.9. The van der Waals surface area contributed by atoms with Gasteiger partial charge in [-0.05, 0) is 32.8 Å². The normalized spacial score (nSPS) is 11.8. The number of hydrogen-bond acceptors (Lipinski definition) is 2. The summed E-state index contributed by atoms with van der Waals surface area (Å²) >= 11 is 6.55. The lowest BCUT2D eigenvalue weighted by atomic mass is 9.95. The SMILES string of the molecule is S=P(c1ccccc1)(c1ccccc1)c1ccc(-c2nc3ccccc3c3c2ccc2ccccc23)cc1. The van der Waals surface area contributed by atoms with Crippen LogP contribution in [0.15, 0.2) is 146 Å². The Labute approximate surface area is 227 Å². The van der Waals surface area contributed by atoms with Gasteiger partial charge in [0.05, 0.1) is 11.2 Å². The monoisotopic (exact) mass is 521 g/mol. The molecule has 0 spiro atoms. The van der Waals surface area contributed by atoms with Gasteiger partial charge >= 0.3 is 0 Å². The molecule has 0 unspecified atom stereocenters. The predicted octanol–water partition coefficient (Wildman–Crippen LogP) is 7.96. The van der Waals surface area contributed by atoms with Crippen molar-refractivity contribution in [2.45, 2.75) is 0 Å². The van der Waals surface area contributed by atoms with E-state index in [0.29, 0.717) is 0 Å². The molecule has 0 bridgehead atoms. The average molecular weight is 522 g/mol. The van der Waals surface area contributed by atoms with Crippen molar-refractivity contribution in [3.05, 3.63) is 146 Å². The first-order valence-electron chi connectivity index (χ1n) is 12.8. The highest BCUT2D eigenvalue weighted by Crippen LogP contribution is 2.43. The number of rotatable bonds is 4. The molecule has 1 aromatic heterocycles. The zero-order chi connectivity index (χ0) is 25.5. The lowest BCUT2D eigenvalue weighted by Crippen LogP contribution is -2.24. The minimum Gasteiger partial charge on any atom is -0.247 e. The van der Waals surface area contributed by atoms with Crippen molar-refractivity contribution in [2.75, 3.05) is 0 Å². The molecule has 7 rings (SSSR count). The number of hydrogen-bond donors (Lipinski definition) is 0. The van der Waals surface area contributed by atoms with E-state index in [0.717, 1.165) is 16.8 Å². The summed E-state index contributed by atoms with van der Waals surface area (Å²) in [5.41, 5.74) is 3.11. The lowest BCUT2D eigenvalue weighted by Gasteiger charge is -2.24. The number of para-hydroxylation sites is 1. The Hall–Kier alpha value is -4.10. The summed E-state index contributed by atoms with van der Waals surface area (Å²) in [6.45, 7) is 0. The topological polar surface area (TPSA) is 12.9 Å². The lowest BCUT2D eigenvalue weighted by molar-refractivity contribution is 1.43. The Morgan fingerprint density at radius 3 is 1.68 bits per heavy atom. The summed E-state index contributed by atoms with van der Waals surface area (Å²) in [6, 6.07) is 49.3. The molecule has 7 aromatic rings. The second kappa shape index (κ2) is 9.33. The molecule has 0 saturated heterocycles. The van der Waals surface area contributed by atoms with Crippen LogP contribution >= 0.6 is 6.04 Å². The summed E-state index contributed by atoms with van der Waals surface area (Å²) in [7, 11) is 0. The number of pyridine rings is 1. The van der Waals surface area contributed by atoms with Crippen molar-refractivity contribution in [3.8, 4) is 11.3 Å². The van der Waals surface area contributed by atoms with E-state index in [2.05, 4.69) is 146 Å². The Kier molecular flexibility index (Phi) is 5.66. The molecule has 0 N–H and O–H groups in total. The maximum Gasteiger partial charge on any atom is 0.0788 e. The van der Waals surface area contributed by atoms with Crippen molar-refractivity contribution < 1.29 is 0 Å². The molecule has 1 heterocycles. The van der Waals surface area contributed by atoms with E-state index < -0.39 is 6.04 Å². The van der Waals surface area contributed by atoms with Crippen LogP contribution < -0.4 is 15.9 Å². The number of aromatic nitrogens is 1. The standard InChI is InChI=1S/C35H24NPS/c38-37(27-12-3-1-4-13-27,28-14-5-2-6-15-28)29-22-19-26(20-23-29)35-32-24-21-25-11-7-8-16-30(25)34(32)31-17-9-10-18-33(31)36-35/h1-24H. The van der Waals surface area contributed by atoms with Gasteiger partial charge in [-0.2, -0.15) is 0 Å². The van der Waals surface area contributed by atoms with E-state index in [4.69, 9.17) is 16.8 Å². The van der Waals surface area contributed by atoms with Crippen LogP contribution in [-0.2, 0) is 11.8 Å². The van der Waals surface area contributed by atoms with Gasteiger partial charge in [0.15, 0.2) is 0 Å². The summed E-state index contributed by atoms with van der Waals surface area (Å²) in [5.74, 6) is 0. The fourth-order valence-corrected chi connectivity index (χ4v) is 9.24. The Morgan fingerprint density at radius 1 is 0.447 bits per heavy atom. The molecule has 0 aliphatic rings. The van der Waals surface area contributed by atoms with E-state index in [-0.39, 0.29) is 0 Å². The highest BCUT2D eigenvalue weighted by atomic mass is 32.4. The largest absolute Gasteiger partial charge is 0.247 e. The first kappa shape index (κ1) is 23.0. The first-order valence-corrected chi connectivity index (χ1v) is 15.6. The minimum atomic E-state index is -2.19. The molecule has 0 fully saturated rings. The van der Waals surface area contributed by atoms with Crippen LogP contribution in [0.5, 0.6) is 0 Å². The molecule has 0 aliphatic carbocycles. The van der Waals surface area contributed by atoms with Crippen LogP contribution in [0.1, 0.15) is 0 Å². The van der Waals surface area contributed by atoms with Crippen molar-refractivity contribution in [1.82, 2.24) is 4.98 Å². The maximum atomic E-state index is 6.55. The predicted molar refractivity (Wildman–Crippen MR) is 168 cm³/mol. The zero-order valence-electron chi connectivity index (χ0n) is 20.7. The Bertz CT molecular complexity index is 1920. The Balaban J connectivity index is 1.45. The summed E-state index contributed by atoms with van der Waals surface area (Å²) in [4.78, 5) is 5.17. The molecule has 0 amide bonds. The molecule has 0 radical (unpaired) electrons. The smallest absolute Gasteiger partial charge is 0.0788 e. The van der Waals surface area contributed by atoms with Gasteiger partial charge in [0, 0.05) is 27.8 Å². The molecular weight excluding hydrogens is 497 g/mol. The van der Waals surface area contributed by atoms with Gasteiger partial charge in [-0.1, -0.05) is 151 Å². The van der Waals surface area contributed by atoms with Gasteiger partial charge in [-0.15, -0.1) is 0 Å². The number of fused-ring (bicyclic) bond motifs is 5. The summed E-state index contributed by atoms with van der Waals surface area (Å²) in [5, 5.41) is 9.69. The average Bonchev–Trinajstić information content (AvgIpc) is 3.01. The van der Waals surface area contributed by atoms with Gasteiger partial charge in [-0.25, -0.2) is 4.98 Å². The molecule has 0 aliphatic heterocycles. The van der Waals surface area contributed by atoms with E-state index in [1.165, 1.54) is 42.8 Å². The molecule has 0 saturated carbocycles. The molecule has 1 nitrogen and oxygen atoms in total. The van der Waals surface area contributed by atoms with Gasteiger partial charge in [-0.3, -0.25) is 0 Å². The van der Waals surface area contributed by atoms with Gasteiger partial charge < -0.3 is 0 Å². The van der Waals surface area contributed by atoms with Crippen molar-refractivity contribution in [3.63, 3.8) is 0 Å². The van der Waals surface area contributed by atoms with Crippen LogP contribution in [0.4, 0.5) is 0 Å². The highest BCUT2D eigenvalue weighted by molar-refractivity contribution is 8.25. The van der Waals surface area contributed by atoms with Crippen LogP contribution in [0.2, 0.25) is 0 Å². The molecule has 6 aromatic carbocycles. The quantitative estimate of drug-likeness (QED) is 0.172. The number of nitrogens with zero attached hydrogens (tertiary/aromatic N) is 1. The van der Waals surface area contributed by atoms with Crippen molar-refractivity contribution in [2.24, 2.45) is 0 Å². The van der Waals surface area contributed by atoms with Crippen LogP contribution in [-0.4, -0.2) is 4.98 Å². The van der Waals surface area contributed by atoms with Crippen LogP contribution in [0, 0.1) is 0 Å². The third-order valence-electron chi connectivity index (χ3n) is 7.33. The second-order valence-electron chi connectivity index (χ2n) is 9.51. The van der Waals surface area contributed by atoms with Gasteiger partial charge in [0.1, 0.15) is 0 Å². The Morgan fingerprint density at radius 2 is 1.00 bits per heavy atom. The van der Waals surface area contributed by atoms with Crippen LogP contribution in [0.3, 0.4) is 0 Å². The van der Waals surface area contributed by atoms with Crippen molar-refractivity contribution in [1.29, 1.82) is 0 Å². The van der Waals surface area contributed by atoms with E-state index >= 15 is 0 Å². The van der Waals surface area contributed by atoms with E-state index in [1.807, 2.05) is 0 Å². The zero-order valence-corrected chi connectivity index (χ0v) is 22.4. The van der Waals surface area contributed by atoms with Gasteiger partial charge in [0.25, 0.3) is 0 Å². The molecule has 38 heavy (non-hydrogen) atoms. The fraction of sp³-hybridized carbons (Fsp3) is 0. The number of benzene rings is 6. The third kappa shape index (κ3) is 3.69. The molecule has 180 valence electrons. The highest BCUT2D eigenvalue weighted by Gasteiger charge is 2.24. The molecule has 0 atom stereocenters. The third-order valence-corrected chi connectivity index (χ3v) is 12.3. The van der Waals surface area contributed by atoms with E-state index in [1.54, 1.807) is 0 Å². The molecule has 3 heteroatoms. The first-order chi connectivity index (χ1) is 18.7. The maximum absolute atomic E-state index is 6.55. The summed E-state index contributed by atoms with van der Waals surface area (Å²) < 4.78 is 0. The fourth-order valence-electron chi connectivity index (χ4n) is 5.49.